The van der Waals surface area contributed by atoms with Crippen LogP contribution in [0.3, 0.4) is 0 Å². The van der Waals surface area contributed by atoms with Crippen molar-refractivity contribution in [1.82, 2.24) is 9.97 Å². The number of para-hydroxylation sites is 1. The van der Waals surface area contributed by atoms with E-state index in [4.69, 9.17) is 0 Å². The first-order valence-corrected chi connectivity index (χ1v) is 9.97. The Bertz CT molecular complexity index is 1340. The highest BCUT2D eigenvalue weighted by atomic mass is 32.1. The van der Waals surface area contributed by atoms with Gasteiger partial charge in [-0.1, -0.05) is 18.2 Å². The van der Waals surface area contributed by atoms with Crippen molar-refractivity contribution >= 4 is 44.9 Å². The molecule has 0 radical (unpaired) electrons. The average Bonchev–Trinajstić information content (AvgIpc) is 3.35. The van der Waals surface area contributed by atoms with Crippen LogP contribution in [0.5, 0.6) is 0 Å². The third-order valence-electron chi connectivity index (χ3n) is 4.69. The van der Waals surface area contributed by atoms with Crippen LogP contribution in [-0.2, 0) is 4.74 Å². The summed E-state index contributed by atoms with van der Waals surface area (Å²) < 4.78 is 4.61. The number of carbonyl (C=O) groups is 2. The van der Waals surface area contributed by atoms with Gasteiger partial charge in [0.15, 0.2) is 5.13 Å². The van der Waals surface area contributed by atoms with E-state index in [0.29, 0.717) is 10.8 Å². The van der Waals surface area contributed by atoms with Gasteiger partial charge in [-0.25, -0.2) is 9.78 Å². The van der Waals surface area contributed by atoms with E-state index in [2.05, 4.69) is 20.0 Å². The molecule has 0 aliphatic rings. The number of aromatic nitrogens is 2. The van der Waals surface area contributed by atoms with Crippen LogP contribution in [0.4, 0.5) is 10.8 Å². The molecule has 0 saturated carbocycles. The van der Waals surface area contributed by atoms with Crippen molar-refractivity contribution in [2.75, 3.05) is 12.4 Å². The zero-order chi connectivity index (χ0) is 22.1. The summed E-state index contributed by atoms with van der Waals surface area (Å²) in [6.45, 7) is 1.95. The van der Waals surface area contributed by atoms with Crippen LogP contribution in [0.2, 0.25) is 0 Å². The van der Waals surface area contributed by atoms with Crippen LogP contribution < -0.4 is 5.32 Å². The Labute approximate surface area is 179 Å². The molecule has 156 valence electrons. The van der Waals surface area contributed by atoms with Crippen molar-refractivity contribution in [2.24, 2.45) is 0 Å². The van der Waals surface area contributed by atoms with Crippen LogP contribution in [0, 0.1) is 17.0 Å². The first-order chi connectivity index (χ1) is 14.9. The van der Waals surface area contributed by atoms with E-state index < -0.39 is 16.8 Å². The molecular weight excluding hydrogens is 420 g/mol. The van der Waals surface area contributed by atoms with Crippen LogP contribution in [0.1, 0.15) is 26.4 Å². The SMILES string of the molecule is COC(=O)c1cc(C(=O)Nc2nc(-c3c(C)[nH]c4ccccc34)cs2)cc([N+](=O)[O-])c1. The number of amides is 1. The number of carbonyl (C=O) groups excluding carboxylic acids is 2. The van der Waals surface area contributed by atoms with Crippen LogP contribution >= 0.6 is 11.3 Å². The molecule has 4 rings (SSSR count). The Balaban J connectivity index is 1.64. The van der Waals surface area contributed by atoms with E-state index in [1.807, 2.05) is 36.6 Å². The fraction of sp³-hybridized carbons (Fsp3) is 0.0952. The van der Waals surface area contributed by atoms with E-state index in [9.17, 15) is 19.7 Å². The second-order valence-electron chi connectivity index (χ2n) is 6.68. The summed E-state index contributed by atoms with van der Waals surface area (Å²) in [5.74, 6) is -1.39. The maximum atomic E-state index is 12.7. The standard InChI is InChI=1S/C21H16N4O5S/c1-11-18(15-5-3-4-6-16(15)22-11)17-10-31-21(23-17)24-19(26)12-7-13(20(27)30-2)9-14(8-12)25(28)29/h3-10,22H,1-2H3,(H,23,24,26). The molecule has 2 aromatic heterocycles. The molecular formula is C21H16N4O5S. The van der Waals surface area contributed by atoms with E-state index in [0.717, 1.165) is 41.4 Å². The minimum absolute atomic E-state index is 0.0466. The fourth-order valence-corrected chi connectivity index (χ4v) is 4.00. The van der Waals surface area contributed by atoms with Crippen molar-refractivity contribution in [1.29, 1.82) is 0 Å². The number of nitro benzene ring substituents is 1. The average molecular weight is 436 g/mol. The summed E-state index contributed by atoms with van der Waals surface area (Å²) in [6.07, 6.45) is 0. The first kappa shape index (κ1) is 20.2. The highest BCUT2D eigenvalue weighted by Crippen LogP contribution is 2.34. The lowest BCUT2D eigenvalue weighted by Gasteiger charge is -2.05. The zero-order valence-electron chi connectivity index (χ0n) is 16.5. The minimum Gasteiger partial charge on any atom is -0.465 e. The number of hydrogen-bond donors (Lipinski definition) is 2. The highest BCUT2D eigenvalue weighted by molar-refractivity contribution is 7.14. The lowest BCUT2D eigenvalue weighted by atomic mass is 10.1. The topological polar surface area (TPSA) is 127 Å². The minimum atomic E-state index is -0.774. The smallest absolute Gasteiger partial charge is 0.338 e. The number of anilines is 1. The quantitative estimate of drug-likeness (QED) is 0.268. The molecule has 0 aliphatic carbocycles. The van der Waals surface area contributed by atoms with Crippen molar-refractivity contribution in [3.05, 3.63) is 74.8 Å². The Kier molecular flexibility index (Phi) is 5.22. The molecule has 0 unspecified atom stereocenters. The van der Waals surface area contributed by atoms with E-state index >= 15 is 0 Å². The van der Waals surface area contributed by atoms with Crippen LogP contribution in [0.15, 0.2) is 47.8 Å². The highest BCUT2D eigenvalue weighted by Gasteiger charge is 2.20. The molecule has 2 heterocycles. The number of rotatable bonds is 5. The number of nitrogens with zero attached hydrogens (tertiary/aromatic N) is 2. The number of H-pyrrole nitrogens is 1. The summed E-state index contributed by atoms with van der Waals surface area (Å²) in [5.41, 5.74) is 3.06. The summed E-state index contributed by atoms with van der Waals surface area (Å²) in [4.78, 5) is 42.8. The predicted octanol–water partition coefficient (Wildman–Crippen LogP) is 4.55. The molecule has 31 heavy (non-hydrogen) atoms. The Morgan fingerprint density at radius 1 is 1.19 bits per heavy atom. The van der Waals surface area contributed by atoms with Crippen molar-refractivity contribution in [2.45, 2.75) is 6.92 Å². The van der Waals surface area contributed by atoms with Crippen molar-refractivity contribution < 1.29 is 19.2 Å². The molecule has 1 amide bonds. The number of fused-ring (bicyclic) bond motifs is 1. The molecule has 0 spiro atoms. The number of hydrogen-bond acceptors (Lipinski definition) is 7. The van der Waals surface area contributed by atoms with Crippen LogP contribution in [0.25, 0.3) is 22.2 Å². The van der Waals surface area contributed by atoms with Crippen molar-refractivity contribution in [3.8, 4) is 11.3 Å². The second-order valence-corrected chi connectivity index (χ2v) is 7.54. The van der Waals surface area contributed by atoms with Gasteiger partial charge in [-0.15, -0.1) is 11.3 Å². The number of esters is 1. The fourth-order valence-electron chi connectivity index (χ4n) is 3.31. The van der Waals surface area contributed by atoms with Gasteiger partial charge in [0.2, 0.25) is 0 Å². The third-order valence-corrected chi connectivity index (χ3v) is 5.44. The number of benzene rings is 2. The summed E-state index contributed by atoms with van der Waals surface area (Å²) in [6, 6.07) is 11.2. The number of nitrogens with one attached hydrogen (secondary N) is 2. The lowest BCUT2D eigenvalue weighted by molar-refractivity contribution is -0.384. The lowest BCUT2D eigenvalue weighted by Crippen LogP contribution is -2.14. The Morgan fingerprint density at radius 2 is 1.94 bits per heavy atom. The molecule has 10 heteroatoms. The normalized spacial score (nSPS) is 10.8. The molecule has 2 N–H and O–H groups in total. The Hall–Kier alpha value is -4.05. The largest absolute Gasteiger partial charge is 0.465 e. The van der Waals surface area contributed by atoms with E-state index in [1.54, 1.807) is 0 Å². The van der Waals surface area contributed by atoms with Gasteiger partial charge in [-0.05, 0) is 19.1 Å². The van der Waals surface area contributed by atoms with Gasteiger partial charge in [-0.3, -0.25) is 20.2 Å². The maximum Gasteiger partial charge on any atom is 0.338 e. The van der Waals surface area contributed by atoms with Gasteiger partial charge in [0, 0.05) is 45.2 Å². The number of non-ortho nitro benzene ring substituents is 1. The zero-order valence-corrected chi connectivity index (χ0v) is 17.3. The molecule has 2 aromatic carbocycles. The summed E-state index contributed by atoms with van der Waals surface area (Å²) >= 11 is 1.23. The van der Waals surface area contributed by atoms with Gasteiger partial charge in [0.1, 0.15) is 0 Å². The number of thiazole rings is 1. The van der Waals surface area contributed by atoms with Crippen molar-refractivity contribution in [3.63, 3.8) is 0 Å². The molecule has 0 aliphatic heterocycles. The number of aryl methyl sites for hydroxylation is 1. The molecule has 4 aromatic rings. The van der Waals surface area contributed by atoms with Gasteiger partial charge in [0.05, 0.1) is 23.3 Å². The molecule has 0 bridgehead atoms. The Morgan fingerprint density at radius 3 is 2.68 bits per heavy atom. The monoisotopic (exact) mass is 436 g/mol. The van der Waals surface area contributed by atoms with Gasteiger partial charge < -0.3 is 9.72 Å². The van der Waals surface area contributed by atoms with E-state index in [-0.39, 0.29) is 16.8 Å². The second kappa shape index (κ2) is 8.00. The number of ether oxygens (including phenoxy) is 1. The molecule has 0 fully saturated rings. The predicted molar refractivity (Wildman–Crippen MR) is 117 cm³/mol. The summed E-state index contributed by atoms with van der Waals surface area (Å²) in [5, 5.41) is 17.0. The maximum absolute atomic E-state index is 12.7. The summed E-state index contributed by atoms with van der Waals surface area (Å²) in [7, 11) is 1.16. The van der Waals surface area contributed by atoms with E-state index in [1.165, 1.54) is 17.4 Å². The molecule has 0 atom stereocenters. The number of methoxy groups -OCH3 is 1. The number of nitro groups is 1. The first-order valence-electron chi connectivity index (χ1n) is 9.09. The van der Waals surface area contributed by atoms with Gasteiger partial charge in [-0.2, -0.15) is 0 Å². The molecule has 9 nitrogen and oxygen atoms in total. The van der Waals surface area contributed by atoms with Gasteiger partial charge in [0.25, 0.3) is 11.6 Å². The van der Waals surface area contributed by atoms with Crippen LogP contribution in [-0.4, -0.2) is 33.9 Å². The third kappa shape index (κ3) is 3.88. The van der Waals surface area contributed by atoms with Gasteiger partial charge >= 0.3 is 5.97 Å². The molecule has 0 saturated heterocycles. The number of aromatic amines is 1.